The van der Waals surface area contributed by atoms with Gasteiger partial charge in [-0.05, 0) is 38.1 Å². The lowest BCUT2D eigenvalue weighted by atomic mass is 9.96. The molecule has 2 rings (SSSR count). The molecule has 0 fully saturated rings. The van der Waals surface area contributed by atoms with Gasteiger partial charge in [0.05, 0.1) is 22.7 Å². The second-order valence-electron chi connectivity index (χ2n) is 6.75. The van der Waals surface area contributed by atoms with E-state index in [0.717, 1.165) is 0 Å². The van der Waals surface area contributed by atoms with E-state index in [0.29, 0.717) is 41.3 Å². The molecule has 0 aliphatic rings. The van der Waals surface area contributed by atoms with Crippen molar-refractivity contribution in [3.63, 3.8) is 0 Å². The van der Waals surface area contributed by atoms with Crippen LogP contribution in [0, 0.1) is 39.9 Å². The first-order valence-electron chi connectivity index (χ1n) is 8.15. The Morgan fingerprint density at radius 1 is 1.22 bits per heavy atom. The molecule has 2 aromatic heterocycles. The normalized spacial score (nSPS) is 10.7. The van der Waals surface area contributed by atoms with Crippen LogP contribution in [0.15, 0.2) is 17.3 Å². The number of pyridine rings is 2. The van der Waals surface area contributed by atoms with Crippen molar-refractivity contribution in [1.82, 2.24) is 9.97 Å². The topological polar surface area (TPSA) is 167 Å². The molecular weight excluding hydrogens is 344 g/mol. The summed E-state index contributed by atoms with van der Waals surface area (Å²) in [5.41, 5.74) is 13.7. The van der Waals surface area contributed by atoms with Gasteiger partial charge in [0.2, 0.25) is 5.82 Å². The molecule has 2 aromatic rings. The molecule has 0 unspecified atom stereocenters. The maximum atomic E-state index is 10.8. The molecular formula is C18H20N8O. The maximum absolute atomic E-state index is 10.8. The number of nitrogens with two attached hydrogens (primary N) is 2. The molecule has 9 nitrogen and oxygen atoms in total. The Morgan fingerprint density at radius 2 is 1.93 bits per heavy atom. The van der Waals surface area contributed by atoms with E-state index in [2.05, 4.69) is 32.6 Å². The summed E-state index contributed by atoms with van der Waals surface area (Å²) in [6.07, 6.45) is 0.316. The minimum absolute atomic E-state index is 0.0355. The molecule has 0 spiro atoms. The van der Waals surface area contributed by atoms with Crippen molar-refractivity contribution in [2.24, 2.45) is 10.6 Å². The van der Waals surface area contributed by atoms with Gasteiger partial charge in [0.15, 0.2) is 0 Å². The summed E-state index contributed by atoms with van der Waals surface area (Å²) < 4.78 is 0. The molecule has 0 bridgehead atoms. The zero-order chi connectivity index (χ0) is 20.2. The molecule has 138 valence electrons. The number of nitrogens with zero attached hydrogens (tertiary/aromatic N) is 5. The fraction of sp³-hybridized carbons (Fsp3) is 0.333. The SMILES string of the molecule is Cc1nc(N=O)c(N)c(N)c1Cc1ccc(C#N)c(NCC(C)(C)C#N)n1. The lowest BCUT2D eigenvalue weighted by Crippen LogP contribution is -2.22. The monoisotopic (exact) mass is 364 g/mol. The van der Waals surface area contributed by atoms with Gasteiger partial charge in [-0.2, -0.15) is 10.5 Å². The first kappa shape index (κ1) is 19.6. The zero-order valence-corrected chi connectivity index (χ0v) is 15.4. The highest BCUT2D eigenvalue weighted by Crippen LogP contribution is 2.32. The van der Waals surface area contributed by atoms with E-state index in [1.165, 1.54) is 0 Å². The van der Waals surface area contributed by atoms with E-state index in [4.69, 9.17) is 16.7 Å². The molecule has 2 heterocycles. The largest absolute Gasteiger partial charge is 0.397 e. The van der Waals surface area contributed by atoms with Crippen LogP contribution in [0.2, 0.25) is 0 Å². The first-order valence-corrected chi connectivity index (χ1v) is 8.15. The van der Waals surface area contributed by atoms with Crippen LogP contribution in [0.25, 0.3) is 0 Å². The van der Waals surface area contributed by atoms with Gasteiger partial charge in [-0.3, -0.25) is 0 Å². The van der Waals surface area contributed by atoms with E-state index in [1.807, 2.05) is 0 Å². The molecule has 0 atom stereocenters. The van der Waals surface area contributed by atoms with E-state index in [-0.39, 0.29) is 17.2 Å². The van der Waals surface area contributed by atoms with Crippen LogP contribution in [0.3, 0.4) is 0 Å². The fourth-order valence-electron chi connectivity index (χ4n) is 2.41. The average molecular weight is 364 g/mol. The number of nitroso groups, excluding NO2 is 1. The molecule has 0 saturated heterocycles. The summed E-state index contributed by atoms with van der Waals surface area (Å²) in [6, 6.07) is 7.62. The number of aromatic nitrogens is 2. The van der Waals surface area contributed by atoms with Crippen molar-refractivity contribution in [1.29, 1.82) is 10.5 Å². The third kappa shape index (κ3) is 4.28. The number of nitrogens with one attached hydrogen (secondary N) is 1. The van der Waals surface area contributed by atoms with Crippen molar-refractivity contribution in [3.8, 4) is 12.1 Å². The van der Waals surface area contributed by atoms with Crippen molar-refractivity contribution in [2.75, 3.05) is 23.3 Å². The Balaban J connectivity index is 2.38. The second kappa shape index (κ2) is 7.67. The van der Waals surface area contributed by atoms with Gasteiger partial charge >= 0.3 is 0 Å². The van der Waals surface area contributed by atoms with Crippen LogP contribution in [0.5, 0.6) is 0 Å². The first-order chi connectivity index (χ1) is 12.7. The molecule has 0 radical (unpaired) electrons. The third-order valence-corrected chi connectivity index (χ3v) is 4.08. The number of anilines is 3. The van der Waals surface area contributed by atoms with Crippen LogP contribution in [-0.2, 0) is 6.42 Å². The molecule has 0 aliphatic carbocycles. The third-order valence-electron chi connectivity index (χ3n) is 4.08. The van der Waals surface area contributed by atoms with Crippen LogP contribution in [-0.4, -0.2) is 16.5 Å². The molecule has 0 aliphatic heterocycles. The van der Waals surface area contributed by atoms with E-state index in [9.17, 15) is 10.2 Å². The molecule has 0 saturated carbocycles. The standard InChI is InChI=1S/C18H20N8O/c1-10-13(14(21)15(22)17(24-10)26-27)6-12-5-4-11(7-19)16(25-12)23-9-18(2,3)8-20/h4-5H,6,9,22H2,1-3H3,(H2,21,24)(H,23,25). The van der Waals surface area contributed by atoms with Crippen molar-refractivity contribution >= 4 is 23.0 Å². The highest BCUT2D eigenvalue weighted by atomic mass is 16.3. The van der Waals surface area contributed by atoms with Crippen molar-refractivity contribution < 1.29 is 0 Å². The van der Waals surface area contributed by atoms with Crippen LogP contribution in [0.1, 0.15) is 36.4 Å². The average Bonchev–Trinajstić information content (AvgIpc) is 2.66. The Kier molecular flexibility index (Phi) is 5.57. The number of nitrogen functional groups attached to an aromatic ring is 2. The van der Waals surface area contributed by atoms with Crippen LogP contribution in [0.4, 0.5) is 23.0 Å². The van der Waals surface area contributed by atoms with Gasteiger partial charge in [0.25, 0.3) is 0 Å². The maximum Gasteiger partial charge on any atom is 0.222 e. The van der Waals surface area contributed by atoms with Crippen molar-refractivity contribution in [3.05, 3.63) is 39.6 Å². The van der Waals surface area contributed by atoms with Gasteiger partial charge in [0.1, 0.15) is 17.6 Å². The molecule has 27 heavy (non-hydrogen) atoms. The van der Waals surface area contributed by atoms with Gasteiger partial charge < -0.3 is 16.8 Å². The van der Waals surface area contributed by atoms with Gasteiger partial charge in [-0.25, -0.2) is 9.97 Å². The number of hydrogen-bond acceptors (Lipinski definition) is 9. The van der Waals surface area contributed by atoms with Crippen LogP contribution >= 0.6 is 0 Å². The second-order valence-corrected chi connectivity index (χ2v) is 6.75. The van der Waals surface area contributed by atoms with Gasteiger partial charge in [-0.15, -0.1) is 4.91 Å². The smallest absolute Gasteiger partial charge is 0.222 e. The zero-order valence-electron chi connectivity index (χ0n) is 15.4. The summed E-state index contributed by atoms with van der Waals surface area (Å²) in [6.45, 7) is 5.62. The van der Waals surface area contributed by atoms with Gasteiger partial charge in [-0.1, -0.05) is 0 Å². The Bertz CT molecular complexity index is 969. The Morgan fingerprint density at radius 3 is 2.52 bits per heavy atom. The summed E-state index contributed by atoms with van der Waals surface area (Å²) in [4.78, 5) is 19.3. The Hall–Kier alpha value is -3.72. The van der Waals surface area contributed by atoms with Gasteiger partial charge in [0, 0.05) is 29.9 Å². The quantitative estimate of drug-likeness (QED) is 0.657. The molecule has 0 aromatic carbocycles. The molecule has 5 N–H and O–H groups in total. The number of rotatable bonds is 6. The van der Waals surface area contributed by atoms with E-state index >= 15 is 0 Å². The lowest BCUT2D eigenvalue weighted by Gasteiger charge is -2.17. The van der Waals surface area contributed by atoms with E-state index < -0.39 is 5.41 Å². The number of aryl methyl sites for hydroxylation is 1. The van der Waals surface area contributed by atoms with Crippen molar-refractivity contribution in [2.45, 2.75) is 27.2 Å². The highest BCUT2D eigenvalue weighted by molar-refractivity contribution is 5.77. The number of nitriles is 2. The predicted octanol–water partition coefficient (Wildman–Crippen LogP) is 2.77. The highest BCUT2D eigenvalue weighted by Gasteiger charge is 2.19. The fourth-order valence-corrected chi connectivity index (χ4v) is 2.41. The molecule has 0 amide bonds. The minimum Gasteiger partial charge on any atom is -0.397 e. The lowest BCUT2D eigenvalue weighted by molar-refractivity contribution is 0.528. The Labute approximate surface area is 157 Å². The summed E-state index contributed by atoms with van der Waals surface area (Å²) >= 11 is 0. The minimum atomic E-state index is -0.610. The molecule has 9 heteroatoms. The van der Waals surface area contributed by atoms with E-state index in [1.54, 1.807) is 32.9 Å². The summed E-state index contributed by atoms with van der Waals surface area (Å²) in [5.74, 6) is 0.254. The number of hydrogen-bond donors (Lipinski definition) is 3. The predicted molar refractivity (Wildman–Crippen MR) is 103 cm³/mol. The summed E-state index contributed by atoms with van der Waals surface area (Å²) in [7, 11) is 0. The van der Waals surface area contributed by atoms with Crippen LogP contribution < -0.4 is 16.8 Å². The summed E-state index contributed by atoms with van der Waals surface area (Å²) in [5, 5.41) is 24.3.